The third-order valence-electron chi connectivity index (χ3n) is 3.74. The average Bonchev–Trinajstić information content (AvgIpc) is 2.59. The second-order valence-corrected chi connectivity index (χ2v) is 5.83. The van der Waals surface area contributed by atoms with Gasteiger partial charge in [-0.3, -0.25) is 4.99 Å². The van der Waals surface area contributed by atoms with Crippen molar-refractivity contribution < 1.29 is 9.53 Å². The van der Waals surface area contributed by atoms with Crippen LogP contribution in [0.4, 0.5) is 5.69 Å². The molecule has 2 rings (SSSR count). The zero-order valence-electron chi connectivity index (χ0n) is 14.0. The molecule has 2 aromatic rings. The lowest BCUT2D eigenvalue weighted by Crippen LogP contribution is -2.11. The van der Waals surface area contributed by atoms with Crippen LogP contribution in [0.3, 0.4) is 0 Å². The third-order valence-corrected chi connectivity index (χ3v) is 3.74. The molecule has 120 valence electrons. The first kappa shape index (κ1) is 16.9. The second-order valence-electron chi connectivity index (χ2n) is 5.83. The minimum Gasteiger partial charge on any atom is -0.462 e. The zero-order valence-corrected chi connectivity index (χ0v) is 14.0. The third kappa shape index (κ3) is 5.37. The minimum atomic E-state index is -0.271. The molecule has 2 aromatic carbocycles. The highest BCUT2D eigenvalue weighted by Gasteiger charge is 2.08. The summed E-state index contributed by atoms with van der Waals surface area (Å²) in [6, 6.07) is 15.3. The summed E-state index contributed by atoms with van der Waals surface area (Å²) in [6.45, 7) is 6.66. The Labute approximate surface area is 138 Å². The lowest BCUT2D eigenvalue weighted by molar-refractivity contribution is 0.0447. The molecule has 0 N–H and O–H groups in total. The molecule has 0 fully saturated rings. The van der Waals surface area contributed by atoms with Gasteiger partial charge in [-0.2, -0.15) is 0 Å². The van der Waals surface area contributed by atoms with E-state index in [1.807, 2.05) is 43.3 Å². The number of hydrogen-bond donors (Lipinski definition) is 0. The van der Waals surface area contributed by atoms with Crippen molar-refractivity contribution in [1.82, 2.24) is 0 Å². The number of ether oxygens (including phenoxy) is 1. The molecular weight excluding hydrogens is 286 g/mol. The largest absolute Gasteiger partial charge is 0.462 e. The van der Waals surface area contributed by atoms with Crippen LogP contribution < -0.4 is 0 Å². The minimum absolute atomic E-state index is 0.271. The van der Waals surface area contributed by atoms with Crippen LogP contribution >= 0.6 is 0 Å². The molecule has 3 heteroatoms. The monoisotopic (exact) mass is 309 g/mol. The Hall–Kier alpha value is -2.42. The van der Waals surface area contributed by atoms with Crippen LogP contribution in [0.15, 0.2) is 53.5 Å². The number of hydrogen-bond acceptors (Lipinski definition) is 3. The van der Waals surface area contributed by atoms with Gasteiger partial charge in [0.1, 0.15) is 0 Å². The highest BCUT2D eigenvalue weighted by molar-refractivity contribution is 5.91. The highest BCUT2D eigenvalue weighted by Crippen LogP contribution is 2.13. The van der Waals surface area contributed by atoms with E-state index in [1.165, 1.54) is 5.56 Å². The summed E-state index contributed by atoms with van der Waals surface area (Å²) in [6.07, 6.45) is 2.79. The van der Waals surface area contributed by atoms with Gasteiger partial charge in [-0.25, -0.2) is 4.79 Å². The maximum atomic E-state index is 11.9. The topological polar surface area (TPSA) is 38.7 Å². The number of aryl methyl sites for hydroxylation is 1. The van der Waals surface area contributed by atoms with Gasteiger partial charge in [-0.05, 0) is 42.7 Å². The smallest absolute Gasteiger partial charge is 0.338 e. The summed E-state index contributed by atoms with van der Waals surface area (Å²) in [4.78, 5) is 16.4. The highest BCUT2D eigenvalue weighted by atomic mass is 16.5. The quantitative estimate of drug-likeness (QED) is 0.559. The van der Waals surface area contributed by atoms with Crippen molar-refractivity contribution in [2.24, 2.45) is 10.9 Å². The van der Waals surface area contributed by atoms with Crippen molar-refractivity contribution in [1.29, 1.82) is 0 Å². The van der Waals surface area contributed by atoms with E-state index < -0.39 is 0 Å². The number of benzene rings is 2. The molecule has 0 amide bonds. The van der Waals surface area contributed by atoms with Gasteiger partial charge in [0.25, 0.3) is 0 Å². The van der Waals surface area contributed by atoms with Gasteiger partial charge in [0, 0.05) is 6.21 Å². The first-order valence-corrected chi connectivity index (χ1v) is 7.96. The SMILES string of the molecule is CCC(C)COC(=O)c1ccc(C=Nc2ccc(C)cc2)cc1. The summed E-state index contributed by atoms with van der Waals surface area (Å²) in [5.41, 5.74) is 3.64. The van der Waals surface area contributed by atoms with Crippen LogP contribution in [0.5, 0.6) is 0 Å². The first-order valence-electron chi connectivity index (χ1n) is 7.96. The summed E-state index contributed by atoms with van der Waals surface area (Å²) in [5.74, 6) is 0.118. The van der Waals surface area contributed by atoms with Crippen LogP contribution in [0, 0.1) is 12.8 Å². The Kier molecular flexibility index (Phi) is 6.10. The molecule has 0 heterocycles. The second kappa shape index (κ2) is 8.28. The lowest BCUT2D eigenvalue weighted by atomic mass is 10.1. The summed E-state index contributed by atoms with van der Waals surface area (Å²) in [7, 11) is 0. The average molecular weight is 309 g/mol. The number of nitrogens with zero attached hydrogens (tertiary/aromatic N) is 1. The molecule has 3 nitrogen and oxygen atoms in total. The van der Waals surface area contributed by atoms with E-state index in [1.54, 1.807) is 18.3 Å². The van der Waals surface area contributed by atoms with Gasteiger partial charge in [-0.1, -0.05) is 50.1 Å². The van der Waals surface area contributed by atoms with E-state index in [-0.39, 0.29) is 5.97 Å². The Morgan fingerprint density at radius 1 is 1.13 bits per heavy atom. The van der Waals surface area contributed by atoms with Crippen LogP contribution in [0.25, 0.3) is 0 Å². The Bertz CT molecular complexity index is 657. The molecule has 0 radical (unpaired) electrons. The van der Waals surface area contributed by atoms with Gasteiger partial charge in [-0.15, -0.1) is 0 Å². The standard InChI is InChI=1S/C20H23NO2/c1-4-15(2)14-23-20(22)18-9-7-17(8-10-18)13-21-19-11-5-16(3)6-12-19/h5-13,15H,4,14H2,1-3H3. The predicted molar refractivity (Wildman–Crippen MR) is 94.6 cm³/mol. The fourth-order valence-electron chi connectivity index (χ4n) is 1.90. The number of carbonyl (C=O) groups is 1. The maximum Gasteiger partial charge on any atom is 0.338 e. The maximum absolute atomic E-state index is 11.9. The van der Waals surface area contributed by atoms with Crippen molar-refractivity contribution in [2.75, 3.05) is 6.61 Å². The molecule has 23 heavy (non-hydrogen) atoms. The van der Waals surface area contributed by atoms with Gasteiger partial charge < -0.3 is 4.74 Å². The number of rotatable bonds is 6. The van der Waals surface area contributed by atoms with E-state index in [2.05, 4.69) is 18.8 Å². The van der Waals surface area contributed by atoms with E-state index in [0.717, 1.165) is 17.7 Å². The van der Waals surface area contributed by atoms with Gasteiger partial charge in [0.2, 0.25) is 0 Å². The Balaban J connectivity index is 1.96. The van der Waals surface area contributed by atoms with E-state index in [0.29, 0.717) is 18.1 Å². The normalized spacial score (nSPS) is 12.3. The summed E-state index contributed by atoms with van der Waals surface area (Å²) >= 11 is 0. The predicted octanol–water partition coefficient (Wildman–Crippen LogP) is 4.95. The fourth-order valence-corrected chi connectivity index (χ4v) is 1.90. The van der Waals surface area contributed by atoms with E-state index in [9.17, 15) is 4.79 Å². The number of aliphatic imine (C=N–C) groups is 1. The molecule has 0 saturated heterocycles. The fraction of sp³-hybridized carbons (Fsp3) is 0.300. The number of esters is 1. The molecule has 1 atom stereocenters. The molecule has 0 saturated carbocycles. The molecule has 0 aliphatic rings. The van der Waals surface area contributed by atoms with Gasteiger partial charge >= 0.3 is 5.97 Å². The van der Waals surface area contributed by atoms with Crippen LogP contribution in [-0.4, -0.2) is 18.8 Å². The summed E-state index contributed by atoms with van der Waals surface area (Å²) < 4.78 is 5.29. The van der Waals surface area contributed by atoms with Crippen molar-refractivity contribution in [3.63, 3.8) is 0 Å². The number of carbonyl (C=O) groups excluding carboxylic acids is 1. The molecule has 0 aliphatic heterocycles. The van der Waals surface area contributed by atoms with Gasteiger partial charge in [0.15, 0.2) is 0 Å². The van der Waals surface area contributed by atoms with Crippen molar-refractivity contribution in [3.05, 3.63) is 65.2 Å². The molecule has 0 aliphatic carbocycles. The molecule has 0 spiro atoms. The van der Waals surface area contributed by atoms with Gasteiger partial charge in [0.05, 0.1) is 17.9 Å². The Morgan fingerprint density at radius 3 is 2.39 bits per heavy atom. The molecular formula is C20H23NO2. The zero-order chi connectivity index (χ0) is 16.7. The van der Waals surface area contributed by atoms with E-state index >= 15 is 0 Å². The van der Waals surface area contributed by atoms with Crippen molar-refractivity contribution in [2.45, 2.75) is 27.2 Å². The first-order chi connectivity index (χ1) is 11.1. The molecule has 0 aromatic heterocycles. The molecule has 1 unspecified atom stereocenters. The van der Waals surface area contributed by atoms with Crippen LogP contribution in [-0.2, 0) is 4.74 Å². The van der Waals surface area contributed by atoms with Crippen molar-refractivity contribution in [3.8, 4) is 0 Å². The van der Waals surface area contributed by atoms with Crippen molar-refractivity contribution >= 4 is 17.9 Å². The van der Waals surface area contributed by atoms with Crippen LogP contribution in [0.2, 0.25) is 0 Å². The van der Waals surface area contributed by atoms with Crippen LogP contribution in [0.1, 0.15) is 41.8 Å². The Morgan fingerprint density at radius 2 is 1.78 bits per heavy atom. The van der Waals surface area contributed by atoms with E-state index in [4.69, 9.17) is 4.74 Å². The molecule has 0 bridgehead atoms. The summed E-state index contributed by atoms with van der Waals surface area (Å²) in [5, 5.41) is 0. The lowest BCUT2D eigenvalue weighted by Gasteiger charge is -2.09.